The maximum absolute atomic E-state index is 12.6. The molecule has 2 aliphatic rings. The average Bonchev–Trinajstić information content (AvgIpc) is 3.49. The number of carbonyl (C=O) groups is 1. The van der Waals surface area contributed by atoms with E-state index < -0.39 is 0 Å². The van der Waals surface area contributed by atoms with E-state index in [1.807, 2.05) is 6.07 Å². The molecule has 2 fully saturated rings. The summed E-state index contributed by atoms with van der Waals surface area (Å²) in [5.74, 6) is 2.17. The van der Waals surface area contributed by atoms with Crippen LogP contribution in [-0.4, -0.2) is 33.4 Å². The van der Waals surface area contributed by atoms with Crippen LogP contribution in [0.15, 0.2) is 72.8 Å². The number of fused-ring (bicyclic) bond motifs is 1. The summed E-state index contributed by atoms with van der Waals surface area (Å²) in [6.45, 7) is 4.79. The van der Waals surface area contributed by atoms with Gasteiger partial charge < -0.3 is 9.47 Å². The zero-order chi connectivity index (χ0) is 22.4. The van der Waals surface area contributed by atoms with Crippen LogP contribution in [0.5, 0.6) is 0 Å². The van der Waals surface area contributed by atoms with Crippen molar-refractivity contribution in [1.82, 2.24) is 14.5 Å². The second-order valence-corrected chi connectivity index (χ2v) is 9.65. The Hall–Kier alpha value is -3.40. The first-order valence-corrected chi connectivity index (χ1v) is 12.1. The van der Waals surface area contributed by atoms with Crippen LogP contribution < -0.4 is 0 Å². The zero-order valence-electron chi connectivity index (χ0n) is 19.1. The molecule has 1 aliphatic heterocycles. The van der Waals surface area contributed by atoms with Gasteiger partial charge >= 0.3 is 0 Å². The number of nitrogens with zero attached hydrogens (tertiary/aromatic N) is 3. The third-order valence-corrected chi connectivity index (χ3v) is 7.20. The number of carbonyl (C=O) groups excluding carboxylic acids is 1. The molecule has 3 aromatic carbocycles. The van der Waals surface area contributed by atoms with E-state index in [4.69, 9.17) is 4.98 Å². The molecule has 166 valence electrons. The number of amides is 1. The Bertz CT molecular complexity index is 1300. The summed E-state index contributed by atoms with van der Waals surface area (Å²) in [5.41, 5.74) is 7.02. The first-order chi connectivity index (χ1) is 16.2. The van der Waals surface area contributed by atoms with Crippen LogP contribution in [0.1, 0.15) is 24.8 Å². The number of benzene rings is 3. The molecule has 1 saturated carbocycles. The van der Waals surface area contributed by atoms with Crippen LogP contribution in [-0.2, 0) is 11.3 Å². The van der Waals surface area contributed by atoms with Gasteiger partial charge in [0.15, 0.2) is 0 Å². The highest BCUT2D eigenvalue weighted by Crippen LogP contribution is 2.34. The summed E-state index contributed by atoms with van der Waals surface area (Å²) in [6, 6.07) is 25.7. The van der Waals surface area contributed by atoms with Gasteiger partial charge in [-0.2, -0.15) is 0 Å². The Morgan fingerprint density at radius 3 is 2.36 bits per heavy atom. The van der Waals surface area contributed by atoms with E-state index in [1.54, 1.807) is 0 Å². The van der Waals surface area contributed by atoms with E-state index in [0.717, 1.165) is 55.8 Å². The Labute approximate surface area is 194 Å². The van der Waals surface area contributed by atoms with Gasteiger partial charge in [0.25, 0.3) is 0 Å². The quantitative estimate of drug-likeness (QED) is 0.389. The lowest BCUT2D eigenvalue weighted by molar-refractivity contribution is -0.131. The van der Waals surface area contributed by atoms with E-state index >= 15 is 0 Å². The molecule has 1 atom stereocenters. The molecular formula is C29H29N3O. The lowest BCUT2D eigenvalue weighted by Crippen LogP contribution is -2.30. The van der Waals surface area contributed by atoms with E-state index in [2.05, 4.69) is 83.1 Å². The maximum atomic E-state index is 12.6. The van der Waals surface area contributed by atoms with Gasteiger partial charge in [0.1, 0.15) is 5.82 Å². The van der Waals surface area contributed by atoms with Crippen LogP contribution >= 0.6 is 0 Å². The number of aryl methyl sites for hydroxylation is 1. The van der Waals surface area contributed by atoms with E-state index in [9.17, 15) is 4.79 Å². The fourth-order valence-corrected chi connectivity index (χ4v) is 5.16. The Balaban J connectivity index is 1.33. The summed E-state index contributed by atoms with van der Waals surface area (Å²) < 4.78 is 2.38. The molecule has 0 N–H and O–H groups in total. The van der Waals surface area contributed by atoms with Gasteiger partial charge in [-0.3, -0.25) is 4.79 Å². The SMILES string of the molecule is Cc1cccc2c1nc(-c1ccc(-c3ccccc3)cc1)n2CC1CCN(C(=O)C2CC2)C1. The van der Waals surface area contributed by atoms with Crippen molar-refractivity contribution in [1.29, 1.82) is 0 Å². The molecule has 4 heteroatoms. The largest absolute Gasteiger partial charge is 0.342 e. The van der Waals surface area contributed by atoms with Crippen LogP contribution in [0.2, 0.25) is 0 Å². The van der Waals surface area contributed by atoms with Gasteiger partial charge in [0, 0.05) is 31.1 Å². The van der Waals surface area contributed by atoms with Gasteiger partial charge in [0.05, 0.1) is 11.0 Å². The molecule has 1 aromatic heterocycles. The fourth-order valence-electron chi connectivity index (χ4n) is 5.16. The molecule has 0 radical (unpaired) electrons. The van der Waals surface area contributed by atoms with E-state index in [1.165, 1.54) is 22.2 Å². The smallest absolute Gasteiger partial charge is 0.225 e. The Morgan fingerprint density at radius 2 is 1.61 bits per heavy atom. The van der Waals surface area contributed by atoms with Crippen molar-refractivity contribution in [3.63, 3.8) is 0 Å². The lowest BCUT2D eigenvalue weighted by Gasteiger charge is -2.18. The standard InChI is InChI=1S/C29H29N3O/c1-20-6-5-9-26-27(20)30-28(24-12-10-23(11-13-24)22-7-3-2-4-8-22)32(26)19-21-16-17-31(18-21)29(33)25-14-15-25/h2-13,21,25H,14-19H2,1H3. The molecule has 4 nitrogen and oxygen atoms in total. The molecule has 0 spiro atoms. The number of aromatic nitrogens is 2. The van der Waals surface area contributed by atoms with Crippen molar-refractivity contribution in [3.05, 3.63) is 78.4 Å². The summed E-state index contributed by atoms with van der Waals surface area (Å²) in [7, 11) is 0. The highest BCUT2D eigenvalue weighted by Gasteiger charge is 2.36. The Kier molecular flexibility index (Phi) is 5.01. The molecular weight excluding hydrogens is 406 g/mol. The highest BCUT2D eigenvalue weighted by atomic mass is 16.2. The maximum Gasteiger partial charge on any atom is 0.225 e. The molecule has 1 unspecified atom stereocenters. The van der Waals surface area contributed by atoms with Crippen molar-refractivity contribution in [2.24, 2.45) is 11.8 Å². The first-order valence-electron chi connectivity index (χ1n) is 12.1. The fraction of sp³-hybridized carbons (Fsp3) is 0.310. The minimum Gasteiger partial charge on any atom is -0.342 e. The predicted molar refractivity (Wildman–Crippen MR) is 133 cm³/mol. The third-order valence-electron chi connectivity index (χ3n) is 7.20. The van der Waals surface area contributed by atoms with Crippen LogP contribution in [0, 0.1) is 18.8 Å². The monoisotopic (exact) mass is 435 g/mol. The van der Waals surface area contributed by atoms with Gasteiger partial charge in [-0.25, -0.2) is 4.98 Å². The minimum absolute atomic E-state index is 0.305. The van der Waals surface area contributed by atoms with E-state index in [0.29, 0.717) is 17.7 Å². The van der Waals surface area contributed by atoms with Crippen molar-refractivity contribution in [3.8, 4) is 22.5 Å². The first kappa shape index (κ1) is 20.2. The second kappa shape index (κ2) is 8.18. The number of likely N-dealkylation sites (tertiary alicyclic amines) is 1. The molecule has 6 rings (SSSR count). The van der Waals surface area contributed by atoms with Crippen LogP contribution in [0.25, 0.3) is 33.5 Å². The van der Waals surface area contributed by atoms with Gasteiger partial charge in [-0.15, -0.1) is 0 Å². The van der Waals surface area contributed by atoms with Crippen LogP contribution in [0.4, 0.5) is 0 Å². The van der Waals surface area contributed by atoms with E-state index in [-0.39, 0.29) is 0 Å². The number of rotatable bonds is 5. The molecule has 1 aliphatic carbocycles. The number of hydrogen-bond acceptors (Lipinski definition) is 2. The molecule has 0 bridgehead atoms. The Morgan fingerprint density at radius 1 is 0.879 bits per heavy atom. The normalized spacial score (nSPS) is 18.2. The van der Waals surface area contributed by atoms with Crippen molar-refractivity contribution < 1.29 is 4.79 Å². The van der Waals surface area contributed by atoms with Crippen molar-refractivity contribution in [2.45, 2.75) is 32.7 Å². The summed E-state index contributed by atoms with van der Waals surface area (Å²) >= 11 is 0. The number of hydrogen-bond donors (Lipinski definition) is 0. The zero-order valence-corrected chi connectivity index (χ0v) is 19.1. The third kappa shape index (κ3) is 3.84. The summed E-state index contributed by atoms with van der Waals surface area (Å²) in [6.07, 6.45) is 3.22. The predicted octanol–water partition coefficient (Wildman–Crippen LogP) is 5.94. The molecule has 1 saturated heterocycles. The lowest BCUT2D eigenvalue weighted by atomic mass is 10.0. The second-order valence-electron chi connectivity index (χ2n) is 9.65. The van der Waals surface area contributed by atoms with Crippen molar-refractivity contribution in [2.75, 3.05) is 13.1 Å². The average molecular weight is 436 g/mol. The topological polar surface area (TPSA) is 38.1 Å². The number of imidazole rings is 1. The summed E-state index contributed by atoms with van der Waals surface area (Å²) in [4.78, 5) is 19.8. The molecule has 1 amide bonds. The molecule has 33 heavy (non-hydrogen) atoms. The van der Waals surface area contributed by atoms with Crippen molar-refractivity contribution >= 4 is 16.9 Å². The summed E-state index contributed by atoms with van der Waals surface area (Å²) in [5, 5.41) is 0. The number of para-hydroxylation sites is 1. The minimum atomic E-state index is 0.305. The molecule has 4 aromatic rings. The van der Waals surface area contributed by atoms with Gasteiger partial charge in [-0.1, -0.05) is 66.7 Å². The van der Waals surface area contributed by atoms with Gasteiger partial charge in [0.2, 0.25) is 5.91 Å². The highest BCUT2D eigenvalue weighted by molar-refractivity contribution is 5.84. The van der Waals surface area contributed by atoms with Crippen LogP contribution in [0.3, 0.4) is 0 Å². The molecule has 2 heterocycles. The van der Waals surface area contributed by atoms with Gasteiger partial charge in [-0.05, 0) is 54.9 Å².